The number of hydrogen-bond donors (Lipinski definition) is 3. The van der Waals surface area contributed by atoms with Crippen LogP contribution in [-0.2, 0) is 6.54 Å². The molecule has 0 spiro atoms. The molecule has 1 amide bonds. The van der Waals surface area contributed by atoms with Gasteiger partial charge in [-0.1, -0.05) is 0 Å². The molecule has 2 rings (SSSR count). The number of nitrogens with two attached hydrogens (primary N) is 1. The number of carbonyl (C=O) groups excluding carboxylic acids is 1. The van der Waals surface area contributed by atoms with Gasteiger partial charge in [0.2, 0.25) is 0 Å². The van der Waals surface area contributed by atoms with E-state index in [0.29, 0.717) is 5.69 Å². The summed E-state index contributed by atoms with van der Waals surface area (Å²) in [6, 6.07) is 3.30. The number of aromatic nitrogens is 2. The van der Waals surface area contributed by atoms with Crippen molar-refractivity contribution in [1.29, 1.82) is 0 Å². The van der Waals surface area contributed by atoms with Crippen molar-refractivity contribution in [2.24, 2.45) is 0 Å². The number of alkyl halides is 3. The van der Waals surface area contributed by atoms with Crippen LogP contribution in [0.4, 0.5) is 18.9 Å². The third-order valence-electron chi connectivity index (χ3n) is 2.49. The molecule has 0 aliphatic heterocycles. The van der Waals surface area contributed by atoms with Crippen molar-refractivity contribution in [2.75, 3.05) is 5.73 Å². The lowest BCUT2D eigenvalue weighted by atomic mass is 10.1. The maximum absolute atomic E-state index is 12.1. The van der Waals surface area contributed by atoms with Gasteiger partial charge < -0.3 is 20.8 Å². The first-order chi connectivity index (χ1) is 9.85. The van der Waals surface area contributed by atoms with E-state index in [2.05, 4.69) is 20.0 Å². The zero-order chi connectivity index (χ0) is 15.5. The molecule has 0 atom stereocenters. The van der Waals surface area contributed by atoms with Gasteiger partial charge in [0.1, 0.15) is 0 Å². The Morgan fingerprint density at radius 2 is 2.19 bits per heavy atom. The summed E-state index contributed by atoms with van der Waals surface area (Å²) in [6.07, 6.45) is -1.84. The molecule has 112 valence electrons. The smallest absolute Gasteiger partial charge is 0.404 e. The molecule has 0 saturated carbocycles. The summed E-state index contributed by atoms with van der Waals surface area (Å²) in [5.74, 6) is -1.03. The summed E-state index contributed by atoms with van der Waals surface area (Å²) in [7, 11) is 0. The Morgan fingerprint density at radius 1 is 1.43 bits per heavy atom. The number of hydrogen-bond acceptors (Lipinski definition) is 4. The fourth-order valence-corrected chi connectivity index (χ4v) is 1.57. The van der Waals surface area contributed by atoms with E-state index in [9.17, 15) is 18.0 Å². The quantitative estimate of drug-likeness (QED) is 0.751. The molecular formula is C12H11F3N4O2. The van der Waals surface area contributed by atoms with E-state index in [-0.39, 0.29) is 17.8 Å². The molecule has 0 fully saturated rings. The van der Waals surface area contributed by atoms with E-state index in [4.69, 9.17) is 5.73 Å². The van der Waals surface area contributed by atoms with Crippen LogP contribution in [0.25, 0.3) is 0 Å². The summed E-state index contributed by atoms with van der Waals surface area (Å²) < 4.78 is 40.0. The van der Waals surface area contributed by atoms with Gasteiger partial charge in [-0.3, -0.25) is 4.79 Å². The fourth-order valence-electron chi connectivity index (χ4n) is 1.57. The standard InChI is InChI=1S/C12H11F3N4O2/c13-12(14,15)21-10-2-1-7(3-9(10)16)11(20)18-5-8-4-17-6-19-8/h1-4,6H,5,16H2,(H,17,19)(H,18,20). The molecule has 1 aromatic carbocycles. The SMILES string of the molecule is Nc1cc(C(=O)NCc2cnc[nH]2)ccc1OC(F)(F)F. The number of anilines is 1. The Bertz CT molecular complexity index is 626. The highest BCUT2D eigenvalue weighted by Gasteiger charge is 2.32. The van der Waals surface area contributed by atoms with Gasteiger partial charge in [-0.25, -0.2) is 4.98 Å². The highest BCUT2D eigenvalue weighted by atomic mass is 19.4. The zero-order valence-electron chi connectivity index (χ0n) is 10.6. The number of ether oxygens (including phenoxy) is 1. The number of nitrogen functional groups attached to an aromatic ring is 1. The van der Waals surface area contributed by atoms with Gasteiger partial charge in [0, 0.05) is 11.8 Å². The van der Waals surface area contributed by atoms with E-state index in [1.54, 1.807) is 0 Å². The van der Waals surface area contributed by atoms with Crippen LogP contribution in [-0.4, -0.2) is 22.2 Å². The van der Waals surface area contributed by atoms with Crippen LogP contribution in [0, 0.1) is 0 Å². The first-order valence-electron chi connectivity index (χ1n) is 5.76. The number of halogens is 3. The zero-order valence-corrected chi connectivity index (χ0v) is 10.6. The average Bonchev–Trinajstić information content (AvgIpc) is 2.90. The molecule has 21 heavy (non-hydrogen) atoms. The van der Waals surface area contributed by atoms with E-state index >= 15 is 0 Å². The molecule has 0 aliphatic carbocycles. The first-order valence-corrected chi connectivity index (χ1v) is 5.76. The van der Waals surface area contributed by atoms with E-state index in [0.717, 1.165) is 12.1 Å². The first kappa shape index (κ1) is 14.7. The van der Waals surface area contributed by atoms with Crippen molar-refractivity contribution in [3.8, 4) is 5.75 Å². The Balaban J connectivity index is 2.03. The van der Waals surface area contributed by atoms with Gasteiger partial charge in [-0.05, 0) is 18.2 Å². The fraction of sp³-hybridized carbons (Fsp3) is 0.167. The highest BCUT2D eigenvalue weighted by Crippen LogP contribution is 2.28. The molecule has 0 aliphatic rings. The Morgan fingerprint density at radius 3 is 2.76 bits per heavy atom. The van der Waals surface area contributed by atoms with Crippen molar-refractivity contribution in [3.63, 3.8) is 0 Å². The monoisotopic (exact) mass is 300 g/mol. The van der Waals surface area contributed by atoms with Crippen LogP contribution in [0.3, 0.4) is 0 Å². The highest BCUT2D eigenvalue weighted by molar-refractivity contribution is 5.95. The molecule has 0 saturated heterocycles. The van der Waals surface area contributed by atoms with Gasteiger partial charge in [0.25, 0.3) is 5.91 Å². The lowest BCUT2D eigenvalue weighted by Crippen LogP contribution is -2.23. The van der Waals surface area contributed by atoms with Crippen LogP contribution in [0.1, 0.15) is 16.1 Å². The molecular weight excluding hydrogens is 289 g/mol. The molecule has 0 radical (unpaired) electrons. The second-order valence-electron chi connectivity index (χ2n) is 4.06. The maximum atomic E-state index is 12.1. The average molecular weight is 300 g/mol. The number of nitrogens with one attached hydrogen (secondary N) is 2. The third kappa shape index (κ3) is 4.13. The van der Waals surface area contributed by atoms with E-state index in [1.165, 1.54) is 18.6 Å². The molecule has 4 N–H and O–H groups in total. The summed E-state index contributed by atoms with van der Waals surface area (Å²) >= 11 is 0. The van der Waals surface area contributed by atoms with Gasteiger partial charge in [-0.15, -0.1) is 13.2 Å². The minimum Gasteiger partial charge on any atom is -0.404 e. The number of benzene rings is 1. The summed E-state index contributed by atoms with van der Waals surface area (Å²) in [5.41, 5.74) is 5.97. The lowest BCUT2D eigenvalue weighted by Gasteiger charge is -2.12. The minimum atomic E-state index is -4.83. The molecule has 1 aromatic heterocycles. The van der Waals surface area contributed by atoms with Crippen LogP contribution >= 0.6 is 0 Å². The second kappa shape index (κ2) is 5.73. The maximum Gasteiger partial charge on any atom is 0.573 e. The van der Waals surface area contributed by atoms with Gasteiger partial charge >= 0.3 is 6.36 Å². The summed E-state index contributed by atoms with van der Waals surface area (Å²) in [5, 5.41) is 2.57. The summed E-state index contributed by atoms with van der Waals surface area (Å²) in [4.78, 5) is 18.4. The minimum absolute atomic E-state index is 0.126. The van der Waals surface area contributed by atoms with E-state index in [1.807, 2.05) is 0 Å². The van der Waals surface area contributed by atoms with Crippen LogP contribution in [0.15, 0.2) is 30.7 Å². The number of H-pyrrole nitrogens is 1. The number of amides is 1. The van der Waals surface area contributed by atoms with Gasteiger partial charge in [0.15, 0.2) is 5.75 Å². The predicted octanol–water partition coefficient (Wildman–Crippen LogP) is 1.82. The molecule has 2 aromatic rings. The number of nitrogens with zero attached hydrogens (tertiary/aromatic N) is 1. The molecule has 6 nitrogen and oxygen atoms in total. The largest absolute Gasteiger partial charge is 0.573 e. The van der Waals surface area contributed by atoms with Gasteiger partial charge in [0.05, 0.1) is 24.3 Å². The molecule has 1 heterocycles. The van der Waals surface area contributed by atoms with Gasteiger partial charge in [-0.2, -0.15) is 0 Å². The van der Waals surface area contributed by atoms with Crippen LogP contribution in [0.5, 0.6) is 5.75 Å². The topological polar surface area (TPSA) is 93.0 Å². The van der Waals surface area contributed by atoms with Crippen molar-refractivity contribution >= 4 is 11.6 Å². The van der Waals surface area contributed by atoms with Crippen molar-refractivity contribution in [2.45, 2.75) is 12.9 Å². The van der Waals surface area contributed by atoms with E-state index < -0.39 is 18.0 Å². The second-order valence-corrected chi connectivity index (χ2v) is 4.06. The summed E-state index contributed by atoms with van der Waals surface area (Å²) in [6.45, 7) is 0.208. The number of aromatic amines is 1. The molecule has 0 unspecified atom stereocenters. The third-order valence-corrected chi connectivity index (χ3v) is 2.49. The lowest BCUT2D eigenvalue weighted by molar-refractivity contribution is -0.274. The normalized spacial score (nSPS) is 11.2. The predicted molar refractivity (Wildman–Crippen MR) is 67.3 cm³/mol. The van der Waals surface area contributed by atoms with Crippen molar-refractivity contribution < 1.29 is 22.7 Å². The Kier molecular flexibility index (Phi) is 4.01. The number of rotatable bonds is 4. The molecule has 0 bridgehead atoms. The van der Waals surface area contributed by atoms with Crippen molar-refractivity contribution in [1.82, 2.24) is 15.3 Å². The molecule has 9 heteroatoms. The Labute approximate surface area is 117 Å². The van der Waals surface area contributed by atoms with Crippen molar-refractivity contribution in [3.05, 3.63) is 42.0 Å². The number of carbonyl (C=O) groups is 1. The van der Waals surface area contributed by atoms with Crippen LogP contribution < -0.4 is 15.8 Å². The Hall–Kier alpha value is -2.71. The number of imidazole rings is 1. The van der Waals surface area contributed by atoms with Crippen LogP contribution in [0.2, 0.25) is 0 Å².